The Bertz CT molecular complexity index is 310. The maximum atomic E-state index is 12.1. The molecule has 0 saturated carbocycles. The minimum atomic E-state index is -0.806. The Morgan fingerprint density at radius 2 is 2.22 bits per heavy atom. The highest BCUT2D eigenvalue weighted by molar-refractivity contribution is 6.04. The van der Waals surface area contributed by atoms with Crippen LogP contribution in [0, 0.1) is 0 Å². The molecule has 1 N–H and O–H groups in total. The molecule has 0 aromatic heterocycles. The summed E-state index contributed by atoms with van der Waals surface area (Å²) < 4.78 is 5.08. The van der Waals surface area contributed by atoms with E-state index in [9.17, 15) is 14.7 Å². The van der Waals surface area contributed by atoms with E-state index in [0.717, 1.165) is 19.3 Å². The molecule has 6 nitrogen and oxygen atoms in total. The van der Waals surface area contributed by atoms with Crippen LogP contribution in [0.25, 0.3) is 0 Å². The molecule has 2 atom stereocenters. The first kappa shape index (κ1) is 13.3. The van der Waals surface area contributed by atoms with Gasteiger partial charge in [-0.15, -0.1) is 0 Å². The van der Waals surface area contributed by atoms with Gasteiger partial charge in [0.2, 0.25) is 0 Å². The molecule has 3 amide bonds. The maximum Gasteiger partial charge on any atom is 0.327 e. The Labute approximate surface area is 106 Å². The lowest BCUT2D eigenvalue weighted by Gasteiger charge is -2.26. The molecule has 6 heteroatoms. The smallest absolute Gasteiger partial charge is 0.327 e. The Hall–Kier alpha value is -1.14. The zero-order valence-corrected chi connectivity index (χ0v) is 10.7. The molecule has 0 aromatic carbocycles. The number of fused-ring (bicyclic) bond motifs is 1. The van der Waals surface area contributed by atoms with Gasteiger partial charge in [-0.05, 0) is 26.2 Å². The number of nitrogens with zero attached hydrogens (tertiary/aromatic N) is 2. The highest BCUT2D eigenvalue weighted by Crippen LogP contribution is 2.26. The van der Waals surface area contributed by atoms with Crippen molar-refractivity contribution in [3.05, 3.63) is 0 Å². The maximum absolute atomic E-state index is 12.1. The minimum Gasteiger partial charge on any atom is -0.389 e. The van der Waals surface area contributed by atoms with Gasteiger partial charge in [-0.2, -0.15) is 0 Å². The zero-order valence-electron chi connectivity index (χ0n) is 10.7. The third-order valence-corrected chi connectivity index (χ3v) is 3.44. The van der Waals surface area contributed by atoms with Gasteiger partial charge in [0, 0.05) is 13.2 Å². The summed E-state index contributed by atoms with van der Waals surface area (Å²) in [7, 11) is 0. The van der Waals surface area contributed by atoms with Crippen molar-refractivity contribution in [3.63, 3.8) is 0 Å². The van der Waals surface area contributed by atoms with Crippen LogP contribution in [-0.2, 0) is 9.53 Å². The van der Waals surface area contributed by atoms with Gasteiger partial charge >= 0.3 is 6.03 Å². The van der Waals surface area contributed by atoms with Crippen LogP contribution >= 0.6 is 0 Å². The fourth-order valence-electron chi connectivity index (χ4n) is 2.53. The summed E-state index contributed by atoms with van der Waals surface area (Å²) in [6.45, 7) is 3.17. The SMILES string of the molecule is CCOCC(O)CN1C(=O)C2CCCCN2C1=O. The lowest BCUT2D eigenvalue weighted by molar-refractivity contribution is -0.130. The standard InChI is InChI=1S/C12H20N2O4/c1-2-18-8-9(15)7-14-11(16)10-5-3-4-6-13(10)12(14)17/h9-10,15H,2-8H2,1H3. The average molecular weight is 256 g/mol. The molecule has 0 aliphatic carbocycles. The molecule has 0 radical (unpaired) electrons. The molecule has 2 aliphatic heterocycles. The van der Waals surface area contributed by atoms with Gasteiger partial charge in [0.05, 0.1) is 19.3 Å². The van der Waals surface area contributed by atoms with Crippen molar-refractivity contribution in [2.24, 2.45) is 0 Å². The number of carbonyl (C=O) groups is 2. The second-order valence-electron chi connectivity index (χ2n) is 4.75. The van der Waals surface area contributed by atoms with E-state index in [4.69, 9.17) is 4.74 Å². The molecular weight excluding hydrogens is 236 g/mol. The molecule has 2 unspecified atom stereocenters. The molecule has 2 aliphatic rings. The summed E-state index contributed by atoms with van der Waals surface area (Å²) in [4.78, 5) is 26.9. The molecule has 18 heavy (non-hydrogen) atoms. The van der Waals surface area contributed by atoms with Crippen LogP contribution in [-0.4, -0.2) is 65.3 Å². The first-order valence-corrected chi connectivity index (χ1v) is 6.53. The predicted octanol–water partition coefficient (Wildman–Crippen LogP) is 0.200. The Morgan fingerprint density at radius 1 is 1.44 bits per heavy atom. The number of carbonyl (C=O) groups excluding carboxylic acids is 2. The number of urea groups is 1. The van der Waals surface area contributed by atoms with Gasteiger partial charge in [0.25, 0.3) is 5.91 Å². The molecule has 2 heterocycles. The van der Waals surface area contributed by atoms with Crippen LogP contribution in [0.1, 0.15) is 26.2 Å². The molecule has 2 rings (SSSR count). The van der Waals surface area contributed by atoms with E-state index in [2.05, 4.69) is 0 Å². The van der Waals surface area contributed by atoms with Crippen LogP contribution < -0.4 is 0 Å². The summed E-state index contributed by atoms with van der Waals surface area (Å²) in [5, 5.41) is 9.72. The van der Waals surface area contributed by atoms with Crippen LogP contribution in [0.2, 0.25) is 0 Å². The lowest BCUT2D eigenvalue weighted by Crippen LogP contribution is -2.40. The number of hydrogen-bond acceptors (Lipinski definition) is 4. The number of rotatable bonds is 5. The van der Waals surface area contributed by atoms with Gasteiger partial charge in [-0.3, -0.25) is 9.69 Å². The van der Waals surface area contributed by atoms with Crippen molar-refractivity contribution in [3.8, 4) is 0 Å². The first-order chi connectivity index (χ1) is 8.65. The molecule has 2 fully saturated rings. The van der Waals surface area contributed by atoms with Crippen molar-refractivity contribution >= 4 is 11.9 Å². The number of β-amino-alcohol motifs (C(OH)–C–C–N with tert-alkyl or cyclic N) is 1. The van der Waals surface area contributed by atoms with Gasteiger partial charge in [0.15, 0.2) is 0 Å². The minimum absolute atomic E-state index is 0.0324. The van der Waals surface area contributed by atoms with Gasteiger partial charge in [-0.25, -0.2) is 4.79 Å². The number of hydrogen-bond donors (Lipinski definition) is 1. The summed E-state index contributed by atoms with van der Waals surface area (Å²) in [5.74, 6) is -0.171. The molecular formula is C12H20N2O4. The van der Waals surface area contributed by atoms with Crippen LogP contribution in [0.3, 0.4) is 0 Å². The average Bonchev–Trinajstić information content (AvgIpc) is 2.62. The van der Waals surface area contributed by atoms with E-state index in [1.807, 2.05) is 6.92 Å². The fourth-order valence-corrected chi connectivity index (χ4v) is 2.53. The normalized spacial score (nSPS) is 25.6. The molecule has 0 aromatic rings. The Balaban J connectivity index is 1.96. The first-order valence-electron chi connectivity index (χ1n) is 6.53. The van der Waals surface area contributed by atoms with E-state index >= 15 is 0 Å². The number of aliphatic hydroxyl groups is 1. The number of amides is 3. The van der Waals surface area contributed by atoms with E-state index in [1.165, 1.54) is 4.90 Å². The number of ether oxygens (including phenoxy) is 1. The van der Waals surface area contributed by atoms with Gasteiger partial charge < -0.3 is 14.7 Å². The number of piperidine rings is 1. The van der Waals surface area contributed by atoms with Crippen molar-refractivity contribution in [2.75, 3.05) is 26.3 Å². The third-order valence-electron chi connectivity index (χ3n) is 3.44. The van der Waals surface area contributed by atoms with Crippen LogP contribution in [0.4, 0.5) is 4.79 Å². The molecule has 0 spiro atoms. The summed E-state index contributed by atoms with van der Waals surface area (Å²) in [5.41, 5.74) is 0. The predicted molar refractivity (Wildman–Crippen MR) is 64.0 cm³/mol. The quantitative estimate of drug-likeness (QED) is 0.713. The monoisotopic (exact) mass is 256 g/mol. The zero-order chi connectivity index (χ0) is 13.1. The van der Waals surface area contributed by atoms with E-state index in [0.29, 0.717) is 13.2 Å². The number of aliphatic hydroxyl groups excluding tert-OH is 1. The van der Waals surface area contributed by atoms with Crippen molar-refractivity contribution < 1.29 is 19.4 Å². The third kappa shape index (κ3) is 2.49. The second kappa shape index (κ2) is 5.67. The summed E-state index contributed by atoms with van der Waals surface area (Å²) in [6.07, 6.45) is 1.86. The van der Waals surface area contributed by atoms with Crippen molar-refractivity contribution in [1.82, 2.24) is 9.80 Å². The fraction of sp³-hybridized carbons (Fsp3) is 0.833. The highest BCUT2D eigenvalue weighted by atomic mass is 16.5. The second-order valence-corrected chi connectivity index (χ2v) is 4.75. The van der Waals surface area contributed by atoms with Crippen molar-refractivity contribution in [1.29, 1.82) is 0 Å². The Morgan fingerprint density at radius 3 is 2.89 bits per heavy atom. The lowest BCUT2D eigenvalue weighted by atomic mass is 10.0. The topological polar surface area (TPSA) is 70.1 Å². The molecule has 0 bridgehead atoms. The van der Waals surface area contributed by atoms with Gasteiger partial charge in [-0.1, -0.05) is 0 Å². The van der Waals surface area contributed by atoms with Crippen LogP contribution in [0.5, 0.6) is 0 Å². The summed E-state index contributed by atoms with van der Waals surface area (Å²) >= 11 is 0. The van der Waals surface area contributed by atoms with E-state index in [-0.39, 0.29) is 31.1 Å². The van der Waals surface area contributed by atoms with E-state index < -0.39 is 6.10 Å². The number of imide groups is 1. The molecule has 2 saturated heterocycles. The van der Waals surface area contributed by atoms with Crippen LogP contribution in [0.15, 0.2) is 0 Å². The molecule has 102 valence electrons. The Kier molecular flexibility index (Phi) is 4.19. The van der Waals surface area contributed by atoms with E-state index in [1.54, 1.807) is 4.90 Å². The summed E-state index contributed by atoms with van der Waals surface area (Å²) in [6, 6.07) is -0.564. The van der Waals surface area contributed by atoms with Crippen molar-refractivity contribution in [2.45, 2.75) is 38.3 Å². The highest BCUT2D eigenvalue weighted by Gasteiger charge is 2.46. The largest absolute Gasteiger partial charge is 0.389 e. The van der Waals surface area contributed by atoms with Gasteiger partial charge in [0.1, 0.15) is 6.04 Å².